The number of ether oxygens (including phenoxy) is 1. The van der Waals surface area contributed by atoms with Gasteiger partial charge in [-0.25, -0.2) is 23.1 Å². The second-order valence-electron chi connectivity index (χ2n) is 8.24. The molecule has 0 atom stereocenters. The topological polar surface area (TPSA) is 76.3 Å². The Morgan fingerprint density at radius 1 is 1.09 bits per heavy atom. The van der Waals surface area contributed by atoms with Gasteiger partial charge < -0.3 is 15.8 Å². The maximum atomic E-state index is 14.6. The monoisotopic (exact) mass is 459 g/mol. The van der Waals surface area contributed by atoms with Crippen LogP contribution >= 0.6 is 0 Å². The highest BCUT2D eigenvalue weighted by Crippen LogP contribution is 2.29. The highest BCUT2D eigenvalue weighted by atomic mass is 19.3. The normalized spacial score (nSPS) is 14.8. The molecule has 0 unspecified atom stereocenters. The molecule has 0 saturated carbocycles. The van der Waals surface area contributed by atoms with Crippen LogP contribution in [-0.2, 0) is 24.2 Å². The number of nitrogen functional groups attached to an aromatic ring is 1. The molecule has 0 radical (unpaired) electrons. The molecule has 4 rings (SSSR count). The van der Waals surface area contributed by atoms with Gasteiger partial charge in [-0.15, -0.1) is 0 Å². The molecule has 0 aliphatic carbocycles. The highest BCUT2D eigenvalue weighted by molar-refractivity contribution is 5.90. The van der Waals surface area contributed by atoms with Gasteiger partial charge in [-0.3, -0.25) is 4.90 Å². The molecule has 1 aliphatic heterocycles. The van der Waals surface area contributed by atoms with Crippen molar-refractivity contribution in [2.75, 3.05) is 37.4 Å². The van der Waals surface area contributed by atoms with Crippen molar-refractivity contribution in [2.24, 2.45) is 0 Å². The molecule has 2 heterocycles. The lowest BCUT2D eigenvalue weighted by atomic mass is 10.0. The fourth-order valence-electron chi connectivity index (χ4n) is 4.19. The van der Waals surface area contributed by atoms with Gasteiger partial charge in [-0.05, 0) is 48.7 Å². The fraction of sp³-hybridized carbons (Fsp3) is 0.417. The maximum absolute atomic E-state index is 14.6. The van der Waals surface area contributed by atoms with Crippen LogP contribution in [0, 0.1) is 12.7 Å². The second kappa shape index (κ2) is 9.93. The number of anilines is 2. The van der Waals surface area contributed by atoms with Crippen molar-refractivity contribution in [3.8, 4) is 0 Å². The van der Waals surface area contributed by atoms with Crippen LogP contribution in [0.5, 0.6) is 0 Å². The van der Waals surface area contributed by atoms with Crippen molar-refractivity contribution < 1.29 is 17.9 Å². The summed E-state index contributed by atoms with van der Waals surface area (Å²) in [5.74, 6) is 0.141. The van der Waals surface area contributed by atoms with Crippen molar-refractivity contribution in [1.82, 2.24) is 14.9 Å². The summed E-state index contributed by atoms with van der Waals surface area (Å²) in [6.45, 7) is 7.93. The SMILES string of the molecule is CCc1cc2c(NCc3cc(N)cc(C(F)F)c3F)nc(C)nc2cc1CN1CCOCC1. The van der Waals surface area contributed by atoms with E-state index in [9.17, 15) is 13.2 Å². The smallest absolute Gasteiger partial charge is 0.266 e. The molecule has 9 heteroatoms. The zero-order valence-electron chi connectivity index (χ0n) is 18.8. The Hall–Kier alpha value is -2.91. The van der Waals surface area contributed by atoms with E-state index in [0.717, 1.165) is 56.2 Å². The van der Waals surface area contributed by atoms with Crippen molar-refractivity contribution in [2.45, 2.75) is 39.8 Å². The largest absolute Gasteiger partial charge is 0.399 e. The van der Waals surface area contributed by atoms with E-state index in [0.29, 0.717) is 11.6 Å². The number of fused-ring (bicyclic) bond motifs is 1. The van der Waals surface area contributed by atoms with Gasteiger partial charge in [0.15, 0.2) is 0 Å². The van der Waals surface area contributed by atoms with Gasteiger partial charge in [0.05, 0.1) is 24.3 Å². The molecule has 2 aromatic carbocycles. The third-order valence-electron chi connectivity index (χ3n) is 5.89. The van der Waals surface area contributed by atoms with Crippen molar-refractivity contribution in [1.29, 1.82) is 0 Å². The first-order valence-electron chi connectivity index (χ1n) is 11.1. The van der Waals surface area contributed by atoms with Gasteiger partial charge >= 0.3 is 0 Å². The first kappa shape index (κ1) is 23.3. The van der Waals surface area contributed by atoms with Crippen LogP contribution in [0.15, 0.2) is 24.3 Å². The maximum Gasteiger partial charge on any atom is 0.266 e. The van der Waals surface area contributed by atoms with Crippen molar-refractivity contribution in [3.63, 3.8) is 0 Å². The van der Waals surface area contributed by atoms with Crippen LogP contribution in [0.4, 0.5) is 24.7 Å². The van der Waals surface area contributed by atoms with Crippen LogP contribution in [-0.4, -0.2) is 41.2 Å². The number of aryl methyl sites for hydroxylation is 2. The number of hydrogen-bond donors (Lipinski definition) is 2. The van der Waals surface area contributed by atoms with Crippen molar-refractivity contribution >= 4 is 22.4 Å². The molecule has 6 nitrogen and oxygen atoms in total. The summed E-state index contributed by atoms with van der Waals surface area (Å²) in [6.07, 6.45) is -2.10. The highest BCUT2D eigenvalue weighted by Gasteiger charge is 2.19. The van der Waals surface area contributed by atoms with Gasteiger partial charge in [0.25, 0.3) is 6.43 Å². The molecule has 0 amide bonds. The standard InChI is InChI=1S/C24H28F3N5O/c1-3-15-9-19-21(10-17(15)13-32-4-6-33-7-5-32)30-14(2)31-24(19)29-12-16-8-18(28)11-20(22(16)25)23(26)27/h8-11,23H,3-7,12-13,28H2,1-2H3,(H,29,30,31). The Balaban J connectivity index is 1.66. The first-order chi connectivity index (χ1) is 15.9. The second-order valence-corrected chi connectivity index (χ2v) is 8.24. The van der Waals surface area contributed by atoms with Gasteiger partial charge in [0.1, 0.15) is 17.5 Å². The summed E-state index contributed by atoms with van der Waals surface area (Å²) >= 11 is 0. The zero-order valence-corrected chi connectivity index (χ0v) is 18.8. The van der Waals surface area contributed by atoms with E-state index in [1.807, 2.05) is 0 Å². The van der Waals surface area contributed by atoms with E-state index >= 15 is 0 Å². The number of benzene rings is 2. The Labute approximate surface area is 191 Å². The molecule has 176 valence electrons. The number of halogens is 3. The Kier molecular flexibility index (Phi) is 6.99. The van der Waals surface area contributed by atoms with Gasteiger partial charge in [0.2, 0.25) is 0 Å². The van der Waals surface area contributed by atoms with Crippen LogP contribution in [0.2, 0.25) is 0 Å². The van der Waals surface area contributed by atoms with E-state index in [1.54, 1.807) is 6.92 Å². The van der Waals surface area contributed by atoms with E-state index in [1.165, 1.54) is 17.2 Å². The molecule has 1 saturated heterocycles. The summed E-state index contributed by atoms with van der Waals surface area (Å²) < 4.78 is 46.3. The third kappa shape index (κ3) is 5.20. The Bertz CT molecular complexity index is 1150. The average Bonchev–Trinajstić information content (AvgIpc) is 2.79. The summed E-state index contributed by atoms with van der Waals surface area (Å²) in [5, 5.41) is 3.92. The molecular weight excluding hydrogens is 431 g/mol. The van der Waals surface area contributed by atoms with Gasteiger partial charge in [-0.1, -0.05) is 6.92 Å². The van der Waals surface area contributed by atoms with Crippen LogP contribution in [0.1, 0.15) is 41.4 Å². The number of rotatable bonds is 7. The quantitative estimate of drug-likeness (QED) is 0.503. The number of nitrogens with zero attached hydrogens (tertiary/aromatic N) is 3. The molecule has 3 N–H and O–H groups in total. The zero-order chi connectivity index (χ0) is 23.5. The van der Waals surface area contributed by atoms with Crippen LogP contribution in [0.25, 0.3) is 10.9 Å². The molecule has 1 aliphatic rings. The lowest BCUT2D eigenvalue weighted by Gasteiger charge is -2.27. The van der Waals surface area contributed by atoms with Crippen LogP contribution in [0.3, 0.4) is 0 Å². The molecule has 33 heavy (non-hydrogen) atoms. The predicted molar refractivity (Wildman–Crippen MR) is 123 cm³/mol. The molecular formula is C24H28F3N5O. The van der Waals surface area contributed by atoms with E-state index in [-0.39, 0.29) is 17.8 Å². The Morgan fingerprint density at radius 2 is 1.85 bits per heavy atom. The average molecular weight is 460 g/mol. The minimum Gasteiger partial charge on any atom is -0.399 e. The van der Waals surface area contributed by atoms with Crippen molar-refractivity contribution in [3.05, 3.63) is 58.2 Å². The lowest BCUT2D eigenvalue weighted by Crippen LogP contribution is -2.35. The summed E-state index contributed by atoms with van der Waals surface area (Å²) in [5.41, 5.74) is 8.35. The predicted octanol–water partition coefficient (Wildman–Crippen LogP) is 4.60. The third-order valence-corrected chi connectivity index (χ3v) is 5.89. The molecule has 1 aromatic heterocycles. The van der Waals surface area contributed by atoms with Gasteiger partial charge in [-0.2, -0.15) is 0 Å². The molecule has 1 fully saturated rings. The number of morpholine rings is 1. The number of nitrogens with one attached hydrogen (secondary N) is 1. The minimum atomic E-state index is -2.94. The van der Waals surface area contributed by atoms with E-state index < -0.39 is 17.8 Å². The number of nitrogens with two attached hydrogens (primary N) is 1. The molecule has 0 spiro atoms. The first-order valence-corrected chi connectivity index (χ1v) is 11.1. The fourth-order valence-corrected chi connectivity index (χ4v) is 4.19. The summed E-state index contributed by atoms with van der Waals surface area (Å²) in [7, 11) is 0. The summed E-state index contributed by atoms with van der Waals surface area (Å²) in [4.78, 5) is 11.5. The summed E-state index contributed by atoms with van der Waals surface area (Å²) in [6, 6.07) is 6.48. The van der Waals surface area contributed by atoms with E-state index in [2.05, 4.69) is 39.2 Å². The number of hydrogen-bond acceptors (Lipinski definition) is 6. The van der Waals surface area contributed by atoms with Crippen LogP contribution < -0.4 is 11.1 Å². The number of aromatic nitrogens is 2. The Morgan fingerprint density at radius 3 is 2.55 bits per heavy atom. The van der Waals surface area contributed by atoms with Gasteiger partial charge in [0, 0.05) is 42.8 Å². The minimum absolute atomic E-state index is 0.0286. The van der Waals surface area contributed by atoms with E-state index in [4.69, 9.17) is 10.5 Å². The molecule has 0 bridgehead atoms. The number of alkyl halides is 2. The lowest BCUT2D eigenvalue weighted by molar-refractivity contribution is 0.0341. The molecule has 3 aromatic rings.